The molecular weight excluding hydrogens is 214 g/mol. The molecule has 1 aliphatic carbocycles. The van der Waals surface area contributed by atoms with Crippen molar-refractivity contribution >= 4 is 6.98 Å². The van der Waals surface area contributed by atoms with Crippen molar-refractivity contribution in [1.29, 1.82) is 0 Å². The van der Waals surface area contributed by atoms with E-state index in [1.165, 1.54) is 0 Å². The molecule has 1 saturated carbocycles. The lowest BCUT2D eigenvalue weighted by molar-refractivity contribution is 0.181. The fourth-order valence-electron chi connectivity index (χ4n) is 2.24. The zero-order chi connectivity index (χ0) is 12.3. The van der Waals surface area contributed by atoms with Crippen LogP contribution in [0.2, 0.25) is 0 Å². The van der Waals surface area contributed by atoms with Gasteiger partial charge in [0.05, 0.1) is 0 Å². The maximum atomic E-state index is 12.4. The normalized spacial score (nSPS) is 27.1. The van der Waals surface area contributed by atoms with Crippen LogP contribution in [0.4, 0.5) is 12.9 Å². The maximum absolute atomic E-state index is 12.4. The van der Waals surface area contributed by atoms with Gasteiger partial charge in [0.1, 0.15) is 0 Å². The molecule has 0 heterocycles. The first-order chi connectivity index (χ1) is 7.30. The fraction of sp³-hybridized carbons (Fsp3) is 0.818. The summed E-state index contributed by atoms with van der Waals surface area (Å²) in [5, 5.41) is 0. The first kappa shape index (κ1) is 13.6. The number of halogens is 3. The zero-order valence-electron chi connectivity index (χ0n) is 10.1. The third-order valence-corrected chi connectivity index (χ3v) is 3.52. The summed E-state index contributed by atoms with van der Waals surface area (Å²) in [4.78, 5) is 1.81. The molecule has 0 atom stereocenters. The monoisotopic (exact) mass is 234 g/mol. The molecule has 1 fully saturated rings. The van der Waals surface area contributed by atoms with Gasteiger partial charge in [0.15, 0.2) is 0 Å². The van der Waals surface area contributed by atoms with Crippen LogP contribution >= 0.6 is 0 Å². The summed E-state index contributed by atoms with van der Waals surface area (Å²) in [6, 6.07) is 0.297. The molecule has 1 nitrogen and oxygen atoms in total. The van der Waals surface area contributed by atoms with E-state index in [9.17, 15) is 12.9 Å². The Morgan fingerprint density at radius 1 is 1.25 bits per heavy atom. The van der Waals surface area contributed by atoms with Crippen molar-refractivity contribution in [2.24, 2.45) is 5.92 Å². The van der Waals surface area contributed by atoms with Gasteiger partial charge < -0.3 is 17.8 Å². The van der Waals surface area contributed by atoms with Gasteiger partial charge in [-0.05, 0) is 45.2 Å². The molecule has 0 unspecified atom stereocenters. The summed E-state index contributed by atoms with van der Waals surface area (Å²) in [7, 11) is 1.77. The predicted molar refractivity (Wildman–Crippen MR) is 62.3 cm³/mol. The van der Waals surface area contributed by atoms with Gasteiger partial charge in [-0.1, -0.05) is 6.92 Å². The molecule has 0 bridgehead atoms. The van der Waals surface area contributed by atoms with Gasteiger partial charge in [0.25, 0.3) is 0 Å². The van der Waals surface area contributed by atoms with Crippen molar-refractivity contribution in [2.45, 2.75) is 38.6 Å². The Morgan fingerprint density at radius 3 is 2.19 bits per heavy atom. The van der Waals surface area contributed by atoms with Gasteiger partial charge >= 0.3 is 6.98 Å². The molecule has 16 heavy (non-hydrogen) atoms. The summed E-state index contributed by atoms with van der Waals surface area (Å²) in [6.45, 7) is 0.424. The molecule has 0 spiro atoms. The Morgan fingerprint density at radius 2 is 1.75 bits per heavy atom. The van der Waals surface area contributed by atoms with Gasteiger partial charge in [-0.2, -0.15) is 0 Å². The summed E-state index contributed by atoms with van der Waals surface area (Å²) in [5.74, 6) is 0.722. The Hall–Kier alpha value is -0.445. The van der Waals surface area contributed by atoms with Crippen LogP contribution in [0.1, 0.15) is 32.6 Å². The number of rotatable bonds is 4. The molecule has 5 heteroatoms. The van der Waals surface area contributed by atoms with Crippen molar-refractivity contribution in [1.82, 2.24) is 4.90 Å². The van der Waals surface area contributed by atoms with Crippen LogP contribution in [-0.2, 0) is 0 Å². The first-order valence-corrected chi connectivity index (χ1v) is 5.88. The Bertz CT molecular complexity index is 244. The van der Waals surface area contributed by atoms with E-state index in [2.05, 4.69) is 13.5 Å². The number of hydrogen-bond donors (Lipinski definition) is 0. The van der Waals surface area contributed by atoms with E-state index in [0.29, 0.717) is 6.04 Å². The molecule has 0 radical (unpaired) electrons. The van der Waals surface area contributed by atoms with Crippen molar-refractivity contribution in [2.75, 3.05) is 13.6 Å². The predicted octanol–water partition coefficient (Wildman–Crippen LogP) is 3.44. The SMILES string of the molecule is C=C(CN(C)C1CCC(C)CC1)[B-](F)(F)F. The minimum Gasteiger partial charge on any atom is -0.445 e. The molecule has 0 amide bonds. The van der Waals surface area contributed by atoms with Crippen LogP contribution in [-0.4, -0.2) is 31.5 Å². The van der Waals surface area contributed by atoms with Crippen LogP contribution < -0.4 is 0 Å². The van der Waals surface area contributed by atoms with E-state index >= 15 is 0 Å². The lowest BCUT2D eigenvalue weighted by Crippen LogP contribution is -2.39. The zero-order valence-corrected chi connectivity index (χ0v) is 10.1. The lowest BCUT2D eigenvalue weighted by atomic mass is 9.79. The largest absolute Gasteiger partial charge is 0.506 e. The molecule has 0 aromatic heterocycles. The quantitative estimate of drug-likeness (QED) is 0.673. The Balaban J connectivity index is 2.41. The molecule has 1 rings (SSSR count). The van der Waals surface area contributed by atoms with Gasteiger partial charge in [-0.25, -0.2) is 0 Å². The highest BCUT2D eigenvalue weighted by Crippen LogP contribution is 2.28. The van der Waals surface area contributed by atoms with Gasteiger partial charge in [-0.15, -0.1) is 12.1 Å². The number of likely N-dealkylation sites (N-methyl/N-ethyl adjacent to an activating group) is 1. The second-order valence-electron chi connectivity index (χ2n) is 5.06. The van der Waals surface area contributed by atoms with E-state index in [1.807, 2.05) is 4.90 Å². The van der Waals surface area contributed by atoms with Crippen molar-refractivity contribution in [3.63, 3.8) is 0 Å². The van der Waals surface area contributed by atoms with E-state index in [4.69, 9.17) is 0 Å². The highest BCUT2D eigenvalue weighted by atomic mass is 19.4. The maximum Gasteiger partial charge on any atom is 0.506 e. The third-order valence-electron chi connectivity index (χ3n) is 3.52. The van der Waals surface area contributed by atoms with Gasteiger partial charge in [-0.3, -0.25) is 0 Å². The second kappa shape index (κ2) is 5.26. The first-order valence-electron chi connectivity index (χ1n) is 5.88. The summed E-state index contributed by atoms with van der Waals surface area (Å²) in [6.07, 6.45) is 4.27. The van der Waals surface area contributed by atoms with Crippen molar-refractivity contribution < 1.29 is 12.9 Å². The molecule has 0 N–H and O–H groups in total. The van der Waals surface area contributed by atoms with Crippen molar-refractivity contribution in [3.05, 3.63) is 12.1 Å². The highest BCUT2D eigenvalue weighted by molar-refractivity contribution is 6.66. The van der Waals surface area contributed by atoms with E-state index in [1.54, 1.807) is 7.05 Å². The lowest BCUT2D eigenvalue weighted by Gasteiger charge is -2.35. The van der Waals surface area contributed by atoms with Crippen molar-refractivity contribution in [3.8, 4) is 0 Å². The number of hydrogen-bond acceptors (Lipinski definition) is 1. The minimum absolute atomic E-state index is 0.0391. The fourth-order valence-corrected chi connectivity index (χ4v) is 2.24. The smallest absolute Gasteiger partial charge is 0.445 e. The summed E-state index contributed by atoms with van der Waals surface area (Å²) >= 11 is 0. The Kier molecular flexibility index (Phi) is 4.47. The average Bonchev–Trinajstić information content (AvgIpc) is 2.17. The van der Waals surface area contributed by atoms with Crippen LogP contribution in [0.25, 0.3) is 0 Å². The highest BCUT2D eigenvalue weighted by Gasteiger charge is 2.29. The van der Waals surface area contributed by atoms with Gasteiger partial charge in [0.2, 0.25) is 0 Å². The van der Waals surface area contributed by atoms with Crippen LogP contribution in [0.3, 0.4) is 0 Å². The summed E-state index contributed by atoms with van der Waals surface area (Å²) in [5.41, 5.74) is -0.582. The van der Waals surface area contributed by atoms with E-state index in [0.717, 1.165) is 31.6 Å². The second-order valence-corrected chi connectivity index (χ2v) is 5.06. The summed E-state index contributed by atoms with van der Waals surface area (Å²) < 4.78 is 37.1. The molecule has 0 aromatic carbocycles. The Labute approximate surface area is 95.8 Å². The average molecular weight is 234 g/mol. The minimum atomic E-state index is -4.88. The van der Waals surface area contributed by atoms with E-state index in [-0.39, 0.29) is 6.54 Å². The molecule has 0 saturated heterocycles. The number of nitrogens with zero attached hydrogens (tertiary/aromatic N) is 1. The van der Waals surface area contributed by atoms with Crippen LogP contribution in [0.5, 0.6) is 0 Å². The topological polar surface area (TPSA) is 3.24 Å². The van der Waals surface area contributed by atoms with Gasteiger partial charge in [0, 0.05) is 6.04 Å². The molecule has 0 aromatic rings. The van der Waals surface area contributed by atoms with Crippen LogP contribution in [0, 0.1) is 5.92 Å². The van der Waals surface area contributed by atoms with E-state index < -0.39 is 12.4 Å². The third kappa shape index (κ3) is 3.85. The molecule has 0 aliphatic heterocycles. The standard InChI is InChI=1S/C11H20BF3N/c1-9-4-6-11(7-5-9)16(3)8-10(2)12(13,14)15/h9,11H,2,4-8H2,1,3H3/q-1. The molecular formula is C11H20BF3N-. The van der Waals surface area contributed by atoms with Crippen LogP contribution in [0.15, 0.2) is 12.1 Å². The molecule has 1 aliphatic rings. The molecule has 94 valence electrons.